The molecule has 1 aliphatic carbocycles. The highest BCUT2D eigenvalue weighted by atomic mass is 35.5. The summed E-state index contributed by atoms with van der Waals surface area (Å²) in [6, 6.07) is 6.27. The van der Waals surface area contributed by atoms with Gasteiger partial charge in [-0.3, -0.25) is 9.80 Å². The van der Waals surface area contributed by atoms with E-state index in [1.165, 1.54) is 6.20 Å². The number of carbonyl (C=O) groups excluding carboxylic acids is 1. The number of allylic oxidation sites excluding steroid dienone is 3. The van der Waals surface area contributed by atoms with Crippen LogP contribution in [0.15, 0.2) is 53.8 Å². The fourth-order valence-electron chi connectivity index (χ4n) is 10.4. The van der Waals surface area contributed by atoms with Crippen molar-refractivity contribution in [2.24, 2.45) is 0 Å². The van der Waals surface area contributed by atoms with E-state index in [9.17, 15) is 17.6 Å². The Balaban J connectivity index is 1.13. The Hall–Kier alpha value is -4.34. The van der Waals surface area contributed by atoms with Crippen molar-refractivity contribution in [1.82, 2.24) is 29.0 Å². The Bertz CT molecular complexity index is 2560. The minimum absolute atomic E-state index is 0.0298. The molecule has 5 atom stereocenters. The lowest BCUT2D eigenvalue weighted by Gasteiger charge is -2.42. The molecule has 5 aliphatic rings. The molecule has 1 unspecified atom stereocenters. The minimum atomic E-state index is -4.07. The van der Waals surface area contributed by atoms with Crippen LogP contribution in [-0.2, 0) is 14.8 Å². The van der Waals surface area contributed by atoms with Gasteiger partial charge in [0.05, 0.1) is 34.4 Å². The van der Waals surface area contributed by atoms with Crippen LogP contribution in [0.25, 0.3) is 32.9 Å². The van der Waals surface area contributed by atoms with Crippen molar-refractivity contribution in [3.63, 3.8) is 0 Å². The van der Waals surface area contributed by atoms with Crippen molar-refractivity contribution in [3.05, 3.63) is 64.6 Å². The number of aromatic nitrogens is 4. The summed E-state index contributed by atoms with van der Waals surface area (Å²) in [7, 11) is -4.07. The van der Waals surface area contributed by atoms with Gasteiger partial charge in [0.25, 0.3) is 10.0 Å². The Labute approximate surface area is 348 Å². The molecule has 12 nitrogen and oxygen atoms in total. The molecule has 9 rings (SSSR count). The molecule has 314 valence electrons. The van der Waals surface area contributed by atoms with E-state index in [4.69, 9.17) is 26.1 Å². The van der Waals surface area contributed by atoms with Crippen molar-refractivity contribution in [2.45, 2.75) is 114 Å². The summed E-state index contributed by atoms with van der Waals surface area (Å²) in [5, 5.41) is 5.21. The van der Waals surface area contributed by atoms with E-state index >= 15 is 4.39 Å². The number of anilines is 1. The van der Waals surface area contributed by atoms with Crippen LogP contribution in [0.2, 0.25) is 5.02 Å². The zero-order chi connectivity index (χ0) is 41.8. The normalized spacial score (nSPS) is 27.4. The zero-order valence-electron chi connectivity index (χ0n) is 34.3. The Kier molecular flexibility index (Phi) is 9.59. The highest BCUT2D eigenvalue weighted by Crippen LogP contribution is 2.45. The second-order valence-corrected chi connectivity index (χ2v) is 21.1. The van der Waals surface area contributed by atoms with E-state index in [1.54, 1.807) is 37.3 Å². The van der Waals surface area contributed by atoms with Gasteiger partial charge < -0.3 is 14.4 Å². The number of hydrogen-bond donors (Lipinski definition) is 0. The number of fused-ring (bicyclic) bond motifs is 5. The van der Waals surface area contributed by atoms with Crippen molar-refractivity contribution >= 4 is 55.3 Å². The first-order valence-corrected chi connectivity index (χ1v) is 22.2. The lowest BCUT2D eigenvalue weighted by molar-refractivity contribution is 0.0122. The minimum Gasteiger partial charge on any atom is -0.461 e. The summed E-state index contributed by atoms with van der Waals surface area (Å²) >= 11 is 7.07. The Morgan fingerprint density at radius 2 is 1.83 bits per heavy atom. The summed E-state index contributed by atoms with van der Waals surface area (Å²) in [5.74, 6) is -0.317. The number of rotatable bonds is 7. The average molecular weight is 850 g/mol. The van der Waals surface area contributed by atoms with Crippen LogP contribution in [0.3, 0.4) is 0 Å². The molecule has 0 N–H and O–H groups in total. The van der Waals surface area contributed by atoms with E-state index in [0.717, 1.165) is 47.5 Å². The van der Waals surface area contributed by atoms with Gasteiger partial charge in [-0.25, -0.2) is 22.0 Å². The van der Waals surface area contributed by atoms with Crippen LogP contribution >= 0.6 is 11.6 Å². The maximum absolute atomic E-state index is 17.5. The second-order valence-electron chi connectivity index (χ2n) is 18.4. The van der Waals surface area contributed by atoms with E-state index in [0.29, 0.717) is 54.6 Å². The molecule has 2 aromatic carbocycles. The second kappa shape index (κ2) is 14.1. The SMILES string of the molecule is CC1=CC(C)(S(=O)(=O)n2ncc3c(-c4c(Cl)cc5c(N6C[C@H]7CC[C@@H](C6)N7C(=O)OC(C)(C)C)nc(OC[C@@]67CCCN6C[C@H](F)C7)nc5c4F)cccc32)CC(C)=C1. The summed E-state index contributed by atoms with van der Waals surface area (Å²) in [4.78, 5) is 28.9. The molecule has 4 aliphatic heterocycles. The van der Waals surface area contributed by atoms with Gasteiger partial charge in [0.2, 0.25) is 0 Å². The largest absolute Gasteiger partial charge is 0.461 e. The van der Waals surface area contributed by atoms with Gasteiger partial charge in [-0.2, -0.15) is 19.2 Å². The number of hydrogen-bond acceptors (Lipinski definition) is 10. The van der Waals surface area contributed by atoms with Gasteiger partial charge in [0.15, 0.2) is 5.82 Å². The lowest BCUT2D eigenvalue weighted by atomic mass is 9.92. The highest BCUT2D eigenvalue weighted by Gasteiger charge is 2.50. The fourth-order valence-corrected chi connectivity index (χ4v) is 12.4. The van der Waals surface area contributed by atoms with Gasteiger partial charge >= 0.3 is 12.1 Å². The molecule has 6 heterocycles. The third kappa shape index (κ3) is 6.75. The molecule has 59 heavy (non-hydrogen) atoms. The maximum Gasteiger partial charge on any atom is 0.410 e. The number of ether oxygens (including phenoxy) is 2. The van der Waals surface area contributed by atoms with Gasteiger partial charge in [0, 0.05) is 42.4 Å². The third-order valence-electron chi connectivity index (χ3n) is 12.8. The van der Waals surface area contributed by atoms with Gasteiger partial charge in [-0.05, 0) is 97.9 Å². The first-order valence-electron chi connectivity index (χ1n) is 20.4. The van der Waals surface area contributed by atoms with E-state index in [1.807, 2.05) is 50.5 Å². The molecule has 2 bridgehead atoms. The van der Waals surface area contributed by atoms with Crippen LogP contribution < -0.4 is 9.64 Å². The number of piperazine rings is 1. The molecule has 4 saturated heterocycles. The van der Waals surface area contributed by atoms with Crippen molar-refractivity contribution in [1.29, 1.82) is 0 Å². The first-order chi connectivity index (χ1) is 27.9. The van der Waals surface area contributed by atoms with Crippen LogP contribution in [0.1, 0.15) is 80.1 Å². The summed E-state index contributed by atoms with van der Waals surface area (Å²) in [5.41, 5.74) is 1.27. The fraction of sp³-hybridized carbons (Fsp3) is 0.535. The van der Waals surface area contributed by atoms with Crippen LogP contribution in [0, 0.1) is 5.82 Å². The molecule has 0 radical (unpaired) electrons. The third-order valence-corrected chi connectivity index (χ3v) is 15.2. The molecular formula is C43H50ClF2N7O5S. The van der Waals surface area contributed by atoms with Gasteiger partial charge in [-0.15, -0.1) is 0 Å². The molecule has 0 saturated carbocycles. The summed E-state index contributed by atoms with van der Waals surface area (Å²) < 4.78 is 72.8. The number of carbonyl (C=O) groups is 1. The van der Waals surface area contributed by atoms with Crippen LogP contribution in [0.4, 0.5) is 19.4 Å². The molecule has 0 spiro atoms. The highest BCUT2D eigenvalue weighted by molar-refractivity contribution is 7.91. The number of benzene rings is 2. The topological polar surface area (TPSA) is 123 Å². The number of amides is 1. The monoisotopic (exact) mass is 849 g/mol. The van der Waals surface area contributed by atoms with Gasteiger partial charge in [0.1, 0.15) is 34.5 Å². The maximum atomic E-state index is 17.5. The van der Waals surface area contributed by atoms with Gasteiger partial charge in [-0.1, -0.05) is 47.0 Å². The molecular weight excluding hydrogens is 800 g/mol. The van der Waals surface area contributed by atoms with Crippen molar-refractivity contribution in [2.75, 3.05) is 37.7 Å². The molecule has 4 fully saturated rings. The number of alkyl halides is 1. The van der Waals surface area contributed by atoms with E-state index < -0.39 is 37.9 Å². The first kappa shape index (κ1) is 40.1. The number of nitrogens with zero attached hydrogens (tertiary/aromatic N) is 7. The molecule has 1 amide bonds. The summed E-state index contributed by atoms with van der Waals surface area (Å²) in [6.45, 7) is 13.1. The van der Waals surface area contributed by atoms with E-state index in [2.05, 4.69) is 15.0 Å². The number of halogens is 3. The molecule has 4 aromatic rings. The predicted molar refractivity (Wildman–Crippen MR) is 224 cm³/mol. The predicted octanol–water partition coefficient (Wildman–Crippen LogP) is 8.22. The quantitative estimate of drug-likeness (QED) is 0.180. The van der Waals surface area contributed by atoms with Crippen LogP contribution in [0.5, 0.6) is 6.01 Å². The molecule has 16 heteroatoms. The van der Waals surface area contributed by atoms with Crippen molar-refractivity contribution in [3.8, 4) is 17.1 Å². The van der Waals surface area contributed by atoms with E-state index in [-0.39, 0.29) is 52.4 Å². The summed E-state index contributed by atoms with van der Waals surface area (Å²) in [6.07, 6.45) is 7.72. The zero-order valence-corrected chi connectivity index (χ0v) is 35.8. The average Bonchev–Trinajstić information content (AvgIpc) is 3.89. The molecule has 2 aromatic heterocycles. The Morgan fingerprint density at radius 3 is 2.54 bits per heavy atom. The smallest absolute Gasteiger partial charge is 0.410 e. The van der Waals surface area contributed by atoms with Crippen molar-refractivity contribution < 1.29 is 31.5 Å². The van der Waals surface area contributed by atoms with Crippen LogP contribution in [-0.4, -0.2) is 110 Å². The standard InChI is InChI=1S/C43H50ClF2N7O5S/c1-25-15-26(2)18-42(6,17-25)59(55,56)53-34-10-7-9-30(32(34)20-47-53)35-33(44)16-31-37(36(35)46)48-39(57-24-43-13-8-14-51(43)21-27(45)19-43)49-38(31)50-22-28-11-12-29(23-50)52(28)40(54)58-41(3,4)5/h7,9-10,15-17,20,27-29H,8,11-14,18-19,21-24H2,1-6H3/t27-,28-,29+,42?,43+/m1/s1. The lowest BCUT2D eigenvalue weighted by Crippen LogP contribution is -2.57. The Morgan fingerprint density at radius 1 is 1.08 bits per heavy atom.